The first-order valence-electron chi connectivity index (χ1n) is 31.5. The van der Waals surface area contributed by atoms with Crippen LogP contribution in [0.1, 0.15) is 129 Å². The molecule has 11 N–H and O–H groups in total. The maximum Gasteiger partial charge on any atom is 0.326 e. The molecule has 0 saturated carbocycles. The van der Waals surface area contributed by atoms with E-state index in [0.717, 1.165) is 5.71 Å². The summed E-state index contributed by atoms with van der Waals surface area (Å²) < 4.78 is 156. The number of nitrogens with zero attached hydrogens (tertiary/aromatic N) is 2. The van der Waals surface area contributed by atoms with Gasteiger partial charge in [0.2, 0.25) is 17.5 Å². The average Bonchev–Trinajstić information content (AvgIpc) is 1.59. The summed E-state index contributed by atoms with van der Waals surface area (Å²) in [5.74, 6) is -4.65. The van der Waals surface area contributed by atoms with Crippen LogP contribution in [0, 0.1) is 0 Å². The third kappa shape index (κ3) is 23.1. The van der Waals surface area contributed by atoms with Crippen molar-refractivity contribution in [2.75, 3.05) is 63.3 Å². The number of rotatable bonds is 39. The van der Waals surface area contributed by atoms with Crippen molar-refractivity contribution < 1.29 is 115 Å². The lowest BCUT2D eigenvalue weighted by Gasteiger charge is -2.27. The van der Waals surface area contributed by atoms with E-state index in [1.165, 1.54) is 48.5 Å². The van der Waals surface area contributed by atoms with Crippen molar-refractivity contribution in [2.45, 2.75) is 155 Å². The van der Waals surface area contributed by atoms with Crippen LogP contribution in [0.25, 0.3) is 0 Å². The van der Waals surface area contributed by atoms with Gasteiger partial charge in [-0.05, 0) is 168 Å². The third-order valence-corrected chi connectivity index (χ3v) is 20.0. The summed E-state index contributed by atoms with van der Waals surface area (Å²) in [7, 11) is -18.0. The molecule has 4 amide bonds. The van der Waals surface area contributed by atoms with Crippen molar-refractivity contribution >= 4 is 93.3 Å². The number of carboxylic acid groups (broad SMARTS) is 3. The van der Waals surface area contributed by atoms with Crippen LogP contribution >= 0.6 is 0 Å². The summed E-state index contributed by atoms with van der Waals surface area (Å²) in [5.41, 5.74) is 3.54. The molecule has 30 nitrogen and oxygen atoms in total. The van der Waals surface area contributed by atoms with Gasteiger partial charge >= 0.3 is 23.9 Å². The lowest BCUT2D eigenvalue weighted by molar-refractivity contribution is -0.438. The number of carbonyl (C=O) groups is 6. The van der Waals surface area contributed by atoms with Crippen molar-refractivity contribution in [3.05, 3.63) is 119 Å². The Balaban J connectivity index is 1.08. The molecule has 1 aliphatic carbocycles. The first-order chi connectivity index (χ1) is 45.9. The summed E-state index contributed by atoms with van der Waals surface area (Å²) in [6.45, 7) is 8.66. The van der Waals surface area contributed by atoms with Gasteiger partial charge in [0.05, 0.1) is 45.7 Å². The number of urea groups is 1. The minimum Gasteiger partial charge on any atom is -0.481 e. The Labute approximate surface area is 569 Å². The molecule has 3 aliphatic rings. The number of amides is 4. The molecule has 538 valence electrons. The Bertz CT molecular complexity index is 4090. The predicted molar refractivity (Wildman–Crippen MR) is 356 cm³/mol. The molecule has 0 fully saturated rings. The van der Waals surface area contributed by atoms with Gasteiger partial charge in [0.25, 0.3) is 40.5 Å². The highest BCUT2D eigenvalue weighted by molar-refractivity contribution is 7.86. The molecule has 0 radical (unpaired) electrons. The fraction of sp³-hybridized carbons (Fsp3) is 0.484. The lowest BCUT2D eigenvalue weighted by Crippen LogP contribution is -2.51. The van der Waals surface area contributed by atoms with Crippen LogP contribution in [0.3, 0.4) is 0 Å². The molecular formula is C64H85N6O24S4+. The molecule has 3 aromatic carbocycles. The number of anilines is 1. The number of hydrogen-bond acceptors (Lipinski definition) is 18. The number of allylic oxidation sites excluding steroid dienone is 7. The first kappa shape index (κ1) is 79.1. The predicted octanol–water partition coefficient (Wildman–Crippen LogP) is 6.22. The molecule has 2 atom stereocenters. The molecule has 0 aromatic heterocycles. The maximum atomic E-state index is 12.9. The van der Waals surface area contributed by atoms with Crippen LogP contribution < -0.4 is 30.9 Å². The number of nitrogens with one attached hydrogen (secondary N) is 4. The van der Waals surface area contributed by atoms with Crippen molar-refractivity contribution in [2.24, 2.45) is 0 Å². The quantitative estimate of drug-likeness (QED) is 0.0171. The van der Waals surface area contributed by atoms with E-state index >= 15 is 0 Å². The number of unbranched alkanes of at least 4 members (excludes halogenated alkanes) is 4. The molecule has 0 unspecified atom stereocenters. The summed E-state index contributed by atoms with van der Waals surface area (Å²) in [5, 5.41) is 37.2. The summed E-state index contributed by atoms with van der Waals surface area (Å²) >= 11 is 0. The van der Waals surface area contributed by atoms with Crippen molar-refractivity contribution in [3.8, 4) is 5.75 Å². The fourth-order valence-corrected chi connectivity index (χ4v) is 13.6. The zero-order valence-electron chi connectivity index (χ0n) is 54.6. The zero-order valence-corrected chi connectivity index (χ0v) is 57.9. The summed E-state index contributed by atoms with van der Waals surface area (Å²) in [6.07, 6.45) is 11.0. The van der Waals surface area contributed by atoms with Gasteiger partial charge < -0.3 is 55.7 Å². The number of fused-ring (bicyclic) bond motifs is 2. The smallest absolute Gasteiger partial charge is 0.326 e. The van der Waals surface area contributed by atoms with E-state index in [0.29, 0.717) is 103 Å². The Morgan fingerprint density at radius 2 is 1.22 bits per heavy atom. The van der Waals surface area contributed by atoms with Crippen LogP contribution in [0.5, 0.6) is 5.75 Å². The minimum absolute atomic E-state index is 0.0477. The zero-order chi connectivity index (χ0) is 72.4. The second kappa shape index (κ2) is 34.7. The monoisotopic (exact) mass is 1450 g/mol. The average molecular weight is 1450 g/mol. The van der Waals surface area contributed by atoms with Gasteiger partial charge in [-0.3, -0.25) is 32.6 Å². The van der Waals surface area contributed by atoms with Crippen molar-refractivity contribution in [1.29, 1.82) is 0 Å². The van der Waals surface area contributed by atoms with Crippen LogP contribution in [-0.4, -0.2) is 184 Å². The van der Waals surface area contributed by atoms with Crippen molar-refractivity contribution in [3.63, 3.8) is 0 Å². The fourth-order valence-electron chi connectivity index (χ4n) is 11.5. The molecule has 34 heteroatoms. The van der Waals surface area contributed by atoms with Gasteiger partial charge in [0, 0.05) is 73.4 Å². The molecule has 3 aromatic rings. The first-order valence-corrected chi connectivity index (χ1v) is 37.4. The molecule has 6 rings (SSSR count). The Morgan fingerprint density at radius 3 is 1.86 bits per heavy atom. The van der Waals surface area contributed by atoms with Crippen LogP contribution in [0.2, 0.25) is 0 Å². The van der Waals surface area contributed by atoms with Crippen LogP contribution in [0.15, 0.2) is 122 Å². The number of hydrogen-bond donors (Lipinski definition) is 11. The van der Waals surface area contributed by atoms with Crippen LogP contribution in [0.4, 0.5) is 16.2 Å². The van der Waals surface area contributed by atoms with Crippen LogP contribution in [-0.2, 0) is 84.7 Å². The highest BCUT2D eigenvalue weighted by Crippen LogP contribution is 2.49. The van der Waals surface area contributed by atoms with E-state index in [2.05, 4.69) is 25.8 Å². The van der Waals surface area contributed by atoms with E-state index in [4.69, 9.17) is 19.3 Å². The number of carboxylic acids is 3. The number of carbonyl (C=O) groups excluding carboxylic acids is 3. The number of ether oxygens (including phenoxy) is 3. The van der Waals surface area contributed by atoms with E-state index < -0.39 is 112 Å². The summed E-state index contributed by atoms with van der Waals surface area (Å²) in [4.78, 5) is 72.1. The molecule has 2 aliphatic heterocycles. The Morgan fingerprint density at radius 1 is 0.612 bits per heavy atom. The third-order valence-electron chi connectivity index (χ3n) is 16.6. The molecule has 0 bridgehead atoms. The van der Waals surface area contributed by atoms with Gasteiger partial charge in [-0.25, -0.2) is 14.4 Å². The highest BCUT2D eigenvalue weighted by Gasteiger charge is 2.45. The van der Waals surface area contributed by atoms with Crippen molar-refractivity contribution in [1.82, 2.24) is 21.3 Å². The van der Waals surface area contributed by atoms with Gasteiger partial charge in [-0.15, -0.1) is 0 Å². The van der Waals surface area contributed by atoms with E-state index in [9.17, 15) is 90.9 Å². The maximum absolute atomic E-state index is 12.9. The highest BCUT2D eigenvalue weighted by atomic mass is 32.2. The minimum atomic E-state index is -4.61. The van der Waals surface area contributed by atoms with Gasteiger partial charge in [-0.1, -0.05) is 19.9 Å². The second-order valence-corrected chi connectivity index (χ2v) is 30.4. The van der Waals surface area contributed by atoms with E-state index in [1.807, 2.05) is 56.9 Å². The molecule has 98 heavy (non-hydrogen) atoms. The topological polar surface area (TPSA) is 463 Å². The molecule has 0 saturated heterocycles. The number of aliphatic carboxylic acids is 3. The molecule has 0 spiro atoms. The lowest BCUT2D eigenvalue weighted by atomic mass is 9.81. The van der Waals surface area contributed by atoms with Gasteiger partial charge in [-0.2, -0.15) is 38.2 Å². The Kier molecular flexibility index (Phi) is 28.0. The van der Waals surface area contributed by atoms with Gasteiger partial charge in [0.15, 0.2) is 5.71 Å². The SMILES string of the molecule is CC1(C)C(/C=C/C2=C(Oc3ccc(S(=O)(=O)O)cc3)C(=C/C=C3/N(CCCCS(=O)(=O)O)c4ccc(S(=O)(=O)O)cc4C3(C)C)/CCC2)=[N+](CCCCCC(=O)NCCOCCOCC(=O)NCCCC[C@@H](NC(=O)N[C@@H](CCC(=O)O)C(=O)O)C(=O)O)c2ccc(S(=O)(=O)O)cc21. The molecular weight excluding hydrogens is 1360 g/mol. The largest absolute Gasteiger partial charge is 0.481 e. The Hall–Kier alpha value is -7.93. The van der Waals surface area contributed by atoms with E-state index in [-0.39, 0.29) is 98.1 Å². The number of benzene rings is 3. The van der Waals surface area contributed by atoms with Gasteiger partial charge in [0.1, 0.15) is 36.7 Å². The normalized spacial score (nSPS) is 16.8. The summed E-state index contributed by atoms with van der Waals surface area (Å²) in [6, 6.07) is 9.75. The standard InChI is InChI=1S/C64H84N6O24S4/c1-63(2)48-39-46(97(86,87)88)23-26-52(48)69(33-9-5-6-16-56(71)66-32-35-92-36-37-93-41-57(72)65-31-8-7-15-50(60(75)76)67-62(79)68-51(61(77)78)25-30-58(73)74)54(63)28-17-42-13-12-14-43(59(42)94-44-19-21-45(22-20-44)96(83,84)85)18-29-55-64(3,4)49-40-47(98(89,90)91)24-27-53(49)70(55)34-10-11-38-95(80,81)82/h17-24,26-29,39-40,50-51H,5-16,25,30-38,41H2,1-4H3,(H10-,65,66,67,68,71,72,73,74,75,76,77,78,79,80,81,82,83,84,85,86,87,88,89,90,91)/p+1/t50-,51+/m1/s1. The molecule has 2 heterocycles. The van der Waals surface area contributed by atoms with E-state index in [1.54, 1.807) is 12.1 Å². The second-order valence-electron chi connectivity index (χ2n) is 24.6.